The fourth-order valence-corrected chi connectivity index (χ4v) is 2.52. The topological polar surface area (TPSA) is 76.3 Å². The first-order valence-corrected chi connectivity index (χ1v) is 7.08. The van der Waals surface area contributed by atoms with Crippen molar-refractivity contribution in [3.05, 3.63) is 30.4 Å². The van der Waals surface area contributed by atoms with Crippen molar-refractivity contribution in [1.82, 2.24) is 20.0 Å². The maximum atomic E-state index is 5.15. The number of hydrogen-bond donors (Lipinski definition) is 1. The highest BCUT2D eigenvalue weighted by Gasteiger charge is 2.20. The number of piperidine rings is 1. The Hall–Kier alpha value is -2.15. The number of likely N-dealkylation sites (tertiary alicyclic amines) is 1. The Morgan fingerprint density at radius 2 is 2.24 bits per heavy atom. The minimum absolute atomic E-state index is 0.426. The lowest BCUT2D eigenvalue weighted by molar-refractivity contribution is 0.189. The van der Waals surface area contributed by atoms with Crippen molar-refractivity contribution in [2.24, 2.45) is 0 Å². The van der Waals surface area contributed by atoms with Crippen LogP contribution < -0.4 is 10.1 Å². The van der Waals surface area contributed by atoms with Crippen LogP contribution in [0.5, 0.6) is 5.88 Å². The predicted molar refractivity (Wildman–Crippen MR) is 77.0 cm³/mol. The second kappa shape index (κ2) is 6.53. The van der Waals surface area contributed by atoms with Crippen LogP contribution in [0.2, 0.25) is 0 Å². The van der Waals surface area contributed by atoms with E-state index in [1.165, 1.54) is 6.33 Å². The summed E-state index contributed by atoms with van der Waals surface area (Å²) in [4.78, 5) is 10.6. The van der Waals surface area contributed by atoms with Gasteiger partial charge in [0, 0.05) is 31.3 Å². The smallest absolute Gasteiger partial charge is 0.218 e. The molecule has 1 saturated heterocycles. The average Bonchev–Trinajstić information content (AvgIpc) is 3.02. The summed E-state index contributed by atoms with van der Waals surface area (Å²) in [5.41, 5.74) is 0. The van der Waals surface area contributed by atoms with E-state index in [-0.39, 0.29) is 0 Å². The highest BCUT2D eigenvalue weighted by Crippen LogP contribution is 2.18. The summed E-state index contributed by atoms with van der Waals surface area (Å²) in [5, 5.41) is 7.18. The summed E-state index contributed by atoms with van der Waals surface area (Å²) in [5.74, 6) is 2.31. The molecule has 0 amide bonds. The summed E-state index contributed by atoms with van der Waals surface area (Å²) >= 11 is 0. The zero-order valence-electron chi connectivity index (χ0n) is 12.0. The number of methoxy groups -OCH3 is 1. The number of aromatic nitrogens is 3. The number of ether oxygens (including phenoxy) is 1. The van der Waals surface area contributed by atoms with Crippen LogP contribution in [0.3, 0.4) is 0 Å². The number of nitrogens with one attached hydrogen (secondary N) is 1. The molecule has 0 aliphatic carbocycles. The van der Waals surface area contributed by atoms with Crippen molar-refractivity contribution in [3.8, 4) is 5.88 Å². The first-order valence-electron chi connectivity index (χ1n) is 7.08. The summed E-state index contributed by atoms with van der Waals surface area (Å²) in [6.07, 6.45) is 5.34. The molecule has 1 aliphatic rings. The van der Waals surface area contributed by atoms with Crippen LogP contribution >= 0.6 is 0 Å². The lowest BCUT2D eigenvalue weighted by Gasteiger charge is -2.31. The van der Waals surface area contributed by atoms with Crippen molar-refractivity contribution in [2.75, 3.05) is 25.5 Å². The molecule has 0 atom stereocenters. The van der Waals surface area contributed by atoms with E-state index in [1.807, 2.05) is 12.1 Å². The van der Waals surface area contributed by atoms with Gasteiger partial charge in [0.2, 0.25) is 5.88 Å². The van der Waals surface area contributed by atoms with E-state index in [1.54, 1.807) is 13.3 Å². The zero-order valence-corrected chi connectivity index (χ0v) is 12.0. The van der Waals surface area contributed by atoms with E-state index in [2.05, 4.69) is 25.3 Å². The van der Waals surface area contributed by atoms with E-state index in [9.17, 15) is 0 Å². The molecule has 1 aliphatic heterocycles. The normalized spacial score (nSPS) is 16.8. The van der Waals surface area contributed by atoms with Crippen molar-refractivity contribution >= 4 is 5.82 Å². The van der Waals surface area contributed by atoms with Crippen molar-refractivity contribution in [1.29, 1.82) is 0 Å². The Morgan fingerprint density at radius 3 is 2.95 bits per heavy atom. The number of rotatable bonds is 5. The molecule has 112 valence electrons. The van der Waals surface area contributed by atoms with Crippen LogP contribution in [0, 0.1) is 0 Å². The van der Waals surface area contributed by atoms with Gasteiger partial charge in [-0.3, -0.25) is 4.90 Å². The van der Waals surface area contributed by atoms with Gasteiger partial charge < -0.3 is 14.6 Å². The second-order valence-corrected chi connectivity index (χ2v) is 5.12. The fraction of sp³-hybridized carbons (Fsp3) is 0.500. The Labute approximate surface area is 123 Å². The molecule has 0 saturated carbocycles. The van der Waals surface area contributed by atoms with Crippen molar-refractivity contribution in [2.45, 2.75) is 25.4 Å². The summed E-state index contributed by atoms with van der Waals surface area (Å²) in [6, 6.07) is 4.16. The Balaban J connectivity index is 1.49. The molecule has 0 aromatic carbocycles. The summed E-state index contributed by atoms with van der Waals surface area (Å²) in [7, 11) is 1.61. The highest BCUT2D eigenvalue weighted by atomic mass is 16.5. The highest BCUT2D eigenvalue weighted by molar-refractivity contribution is 5.38. The maximum absolute atomic E-state index is 5.15. The van der Waals surface area contributed by atoms with E-state index in [0.717, 1.165) is 44.1 Å². The van der Waals surface area contributed by atoms with E-state index in [0.29, 0.717) is 11.9 Å². The molecule has 2 aromatic heterocycles. The van der Waals surface area contributed by atoms with Gasteiger partial charge in [-0.15, -0.1) is 0 Å². The molecule has 2 aromatic rings. The zero-order chi connectivity index (χ0) is 14.5. The van der Waals surface area contributed by atoms with Gasteiger partial charge in [-0.25, -0.2) is 9.97 Å². The molecular weight excluding hydrogens is 270 g/mol. The van der Waals surface area contributed by atoms with Crippen molar-refractivity contribution in [3.63, 3.8) is 0 Å². The summed E-state index contributed by atoms with van der Waals surface area (Å²) in [6.45, 7) is 2.88. The van der Waals surface area contributed by atoms with Crippen LogP contribution in [0.25, 0.3) is 0 Å². The molecular formula is C14H19N5O2. The Morgan fingerprint density at radius 1 is 1.38 bits per heavy atom. The minimum atomic E-state index is 0.426. The van der Waals surface area contributed by atoms with Gasteiger partial charge in [0.15, 0.2) is 5.76 Å². The first-order chi connectivity index (χ1) is 10.3. The quantitative estimate of drug-likeness (QED) is 0.894. The predicted octanol–water partition coefficient (Wildman–Crippen LogP) is 1.55. The molecule has 0 radical (unpaired) electrons. The minimum Gasteiger partial charge on any atom is -0.481 e. The third-order valence-corrected chi connectivity index (χ3v) is 3.66. The monoisotopic (exact) mass is 289 g/mol. The lowest BCUT2D eigenvalue weighted by Crippen LogP contribution is -2.38. The molecule has 7 heteroatoms. The molecule has 0 unspecified atom stereocenters. The number of hydrogen-bond acceptors (Lipinski definition) is 7. The molecule has 0 spiro atoms. The van der Waals surface area contributed by atoms with Gasteiger partial charge >= 0.3 is 0 Å². The molecule has 21 heavy (non-hydrogen) atoms. The molecule has 3 rings (SSSR count). The van der Waals surface area contributed by atoms with Crippen LogP contribution in [0.1, 0.15) is 18.6 Å². The third-order valence-electron chi connectivity index (χ3n) is 3.66. The Bertz CT molecular complexity index is 552. The fourth-order valence-electron chi connectivity index (χ4n) is 2.52. The van der Waals surface area contributed by atoms with Crippen LogP contribution in [0.4, 0.5) is 5.82 Å². The van der Waals surface area contributed by atoms with Gasteiger partial charge in [0.05, 0.1) is 19.9 Å². The second-order valence-electron chi connectivity index (χ2n) is 5.12. The average molecular weight is 289 g/mol. The van der Waals surface area contributed by atoms with Crippen molar-refractivity contribution < 1.29 is 9.26 Å². The third kappa shape index (κ3) is 3.69. The SMILES string of the molecule is COc1cc(NC2CCN(Cc3ccno3)CC2)ncn1. The lowest BCUT2D eigenvalue weighted by atomic mass is 10.0. The Kier molecular flexibility index (Phi) is 4.30. The van der Waals surface area contributed by atoms with E-state index < -0.39 is 0 Å². The van der Waals surface area contributed by atoms with Gasteiger partial charge in [-0.1, -0.05) is 5.16 Å². The van der Waals surface area contributed by atoms with Gasteiger partial charge in [0.1, 0.15) is 12.1 Å². The molecule has 1 fully saturated rings. The largest absolute Gasteiger partial charge is 0.481 e. The van der Waals surface area contributed by atoms with Crippen LogP contribution in [-0.2, 0) is 6.54 Å². The van der Waals surface area contributed by atoms with Crippen LogP contribution in [0.15, 0.2) is 29.2 Å². The van der Waals surface area contributed by atoms with Crippen LogP contribution in [-0.4, -0.2) is 46.3 Å². The number of nitrogens with zero attached hydrogens (tertiary/aromatic N) is 4. The summed E-state index contributed by atoms with van der Waals surface area (Å²) < 4.78 is 10.3. The molecule has 0 bridgehead atoms. The van der Waals surface area contributed by atoms with Gasteiger partial charge in [-0.2, -0.15) is 0 Å². The van der Waals surface area contributed by atoms with E-state index in [4.69, 9.17) is 9.26 Å². The molecule has 7 nitrogen and oxygen atoms in total. The first kappa shape index (κ1) is 13.8. The molecule has 1 N–H and O–H groups in total. The standard InChI is InChI=1S/C14H19N5O2/c1-20-14-8-13(15-10-16-14)18-11-3-6-19(7-4-11)9-12-2-5-17-21-12/h2,5,8,10-11H,3-4,6-7,9H2,1H3,(H,15,16,18). The molecule has 3 heterocycles. The van der Waals surface area contributed by atoms with Gasteiger partial charge in [-0.05, 0) is 12.8 Å². The van der Waals surface area contributed by atoms with E-state index >= 15 is 0 Å². The maximum Gasteiger partial charge on any atom is 0.218 e. The number of anilines is 1. The van der Waals surface area contributed by atoms with Gasteiger partial charge in [0.25, 0.3) is 0 Å².